The van der Waals surface area contributed by atoms with E-state index in [0.717, 1.165) is 22.0 Å². The lowest BCUT2D eigenvalue weighted by molar-refractivity contribution is 0.135. The first-order chi connectivity index (χ1) is 7.65. The Labute approximate surface area is 101 Å². The molecular weight excluding hydrogens is 212 g/mol. The largest absolute Gasteiger partial charge is 0.496 e. The molecule has 2 heteroatoms. The Morgan fingerprint density at radius 1 is 1.38 bits per heavy atom. The molecule has 1 aromatic carbocycles. The van der Waals surface area contributed by atoms with Crippen LogP contribution in [0, 0.1) is 0 Å². The molecule has 1 rings (SSSR count). The fourth-order valence-corrected chi connectivity index (χ4v) is 1.69. The molecule has 1 atom stereocenters. The summed E-state index contributed by atoms with van der Waals surface area (Å²) < 4.78 is 6.01. The topological polar surface area (TPSA) is 9.23 Å². The van der Waals surface area contributed by atoms with Gasteiger partial charge in [0.1, 0.15) is 6.10 Å². The molecule has 0 spiro atoms. The number of allylic oxidation sites excluding steroid dienone is 1. The van der Waals surface area contributed by atoms with Gasteiger partial charge in [0.25, 0.3) is 0 Å². The second-order valence-electron chi connectivity index (χ2n) is 4.10. The first-order valence-corrected chi connectivity index (χ1v) is 6.61. The fraction of sp³-hybridized carbons (Fsp3) is 0.286. The predicted molar refractivity (Wildman–Crippen MR) is 73.4 cm³/mol. The molecule has 0 fully saturated rings. The smallest absolute Gasteiger partial charge is 0.126 e. The van der Waals surface area contributed by atoms with Gasteiger partial charge in [-0.3, -0.25) is 0 Å². The van der Waals surface area contributed by atoms with E-state index >= 15 is 0 Å². The van der Waals surface area contributed by atoms with Crippen molar-refractivity contribution in [2.45, 2.75) is 26.4 Å². The Morgan fingerprint density at radius 3 is 2.50 bits per heavy atom. The number of benzene rings is 1. The Bertz CT molecular complexity index is 364. The Hall–Kier alpha value is -1.28. The lowest BCUT2D eigenvalue weighted by atomic mass is 10.1. The van der Waals surface area contributed by atoms with E-state index in [4.69, 9.17) is 4.74 Å². The summed E-state index contributed by atoms with van der Waals surface area (Å²) in [7, 11) is 0.953. The van der Waals surface area contributed by atoms with Gasteiger partial charge in [-0.2, -0.15) is 0 Å². The third-order valence-corrected chi connectivity index (χ3v) is 3.81. The minimum absolute atomic E-state index is 0.112. The van der Waals surface area contributed by atoms with Crippen LogP contribution in [0.3, 0.4) is 0 Å². The molecule has 86 valence electrons. The Morgan fingerprint density at radius 2 is 2.00 bits per heavy atom. The van der Waals surface area contributed by atoms with Gasteiger partial charge in [-0.1, -0.05) is 36.4 Å². The highest BCUT2D eigenvalue weighted by Gasteiger charge is 2.11. The maximum absolute atomic E-state index is 6.01. The zero-order valence-electron chi connectivity index (χ0n) is 10.4. The standard InChI is InChI=1S/C14H20OSi/c1-4-8-13(15-14(16)11(2)3)12-9-6-5-7-10-12/h4-7,9-10,13H,1,8H2,2-3,16H3. The van der Waals surface area contributed by atoms with Crippen LogP contribution in [0.15, 0.2) is 53.9 Å². The summed E-state index contributed by atoms with van der Waals surface area (Å²) in [6.07, 6.45) is 2.88. The van der Waals surface area contributed by atoms with Crippen molar-refractivity contribution in [2.24, 2.45) is 0 Å². The van der Waals surface area contributed by atoms with Crippen molar-refractivity contribution >= 4 is 10.2 Å². The maximum Gasteiger partial charge on any atom is 0.126 e. The van der Waals surface area contributed by atoms with Crippen LogP contribution in [0.2, 0.25) is 0 Å². The summed E-state index contributed by atoms with van der Waals surface area (Å²) in [5, 5.41) is 1.13. The van der Waals surface area contributed by atoms with Gasteiger partial charge < -0.3 is 4.74 Å². The minimum Gasteiger partial charge on any atom is -0.496 e. The van der Waals surface area contributed by atoms with Crippen molar-refractivity contribution in [2.75, 3.05) is 0 Å². The van der Waals surface area contributed by atoms with E-state index in [0.29, 0.717) is 0 Å². The molecule has 0 aliphatic rings. The zero-order chi connectivity index (χ0) is 12.0. The van der Waals surface area contributed by atoms with Gasteiger partial charge in [0.2, 0.25) is 0 Å². The van der Waals surface area contributed by atoms with Gasteiger partial charge in [-0.15, -0.1) is 6.58 Å². The summed E-state index contributed by atoms with van der Waals surface area (Å²) in [5.41, 5.74) is 2.49. The Kier molecular flexibility index (Phi) is 5.06. The summed E-state index contributed by atoms with van der Waals surface area (Å²) >= 11 is 0. The first-order valence-electron chi connectivity index (χ1n) is 5.61. The minimum atomic E-state index is 0.112. The van der Waals surface area contributed by atoms with Crippen molar-refractivity contribution in [3.63, 3.8) is 0 Å². The average molecular weight is 232 g/mol. The van der Waals surface area contributed by atoms with Crippen LogP contribution in [0.5, 0.6) is 0 Å². The summed E-state index contributed by atoms with van der Waals surface area (Å²) in [6.45, 7) is 7.98. The molecule has 0 saturated carbocycles. The molecule has 0 heterocycles. The first kappa shape index (κ1) is 12.8. The summed E-state index contributed by atoms with van der Waals surface area (Å²) in [4.78, 5) is 0. The van der Waals surface area contributed by atoms with Crippen molar-refractivity contribution in [1.29, 1.82) is 0 Å². The molecule has 0 aromatic heterocycles. The van der Waals surface area contributed by atoms with Crippen LogP contribution < -0.4 is 0 Å². The highest BCUT2D eigenvalue weighted by Crippen LogP contribution is 2.24. The van der Waals surface area contributed by atoms with E-state index in [1.54, 1.807) is 0 Å². The number of hydrogen-bond acceptors (Lipinski definition) is 1. The fourth-order valence-electron chi connectivity index (χ4n) is 1.40. The van der Waals surface area contributed by atoms with Gasteiger partial charge in [0, 0.05) is 6.42 Å². The van der Waals surface area contributed by atoms with E-state index in [1.165, 1.54) is 11.1 Å². The molecule has 1 aromatic rings. The highest BCUT2D eigenvalue weighted by molar-refractivity contribution is 6.20. The summed E-state index contributed by atoms with van der Waals surface area (Å²) in [6, 6.07) is 10.3. The van der Waals surface area contributed by atoms with E-state index < -0.39 is 0 Å². The van der Waals surface area contributed by atoms with Crippen LogP contribution >= 0.6 is 0 Å². The van der Waals surface area contributed by atoms with Gasteiger partial charge in [-0.05, 0) is 25.0 Å². The van der Waals surface area contributed by atoms with Crippen LogP contribution in [-0.4, -0.2) is 10.2 Å². The van der Waals surface area contributed by atoms with Gasteiger partial charge in [0.05, 0.1) is 15.6 Å². The molecule has 0 radical (unpaired) electrons. The molecule has 0 aliphatic heterocycles. The number of ether oxygens (including phenoxy) is 1. The number of rotatable bonds is 5. The average Bonchev–Trinajstić information content (AvgIpc) is 2.29. The molecule has 0 aliphatic carbocycles. The van der Waals surface area contributed by atoms with E-state index in [9.17, 15) is 0 Å². The third kappa shape index (κ3) is 3.70. The molecule has 0 N–H and O–H groups in total. The SMILES string of the molecule is C=CCC(OC([SiH3])=C(C)C)c1ccccc1. The molecule has 1 unspecified atom stereocenters. The molecule has 0 amide bonds. The zero-order valence-corrected chi connectivity index (χ0v) is 12.4. The van der Waals surface area contributed by atoms with Gasteiger partial charge >= 0.3 is 0 Å². The monoisotopic (exact) mass is 232 g/mol. The second-order valence-corrected chi connectivity index (χ2v) is 5.01. The van der Waals surface area contributed by atoms with E-state index in [2.05, 4.69) is 32.6 Å². The van der Waals surface area contributed by atoms with Crippen LogP contribution in [0.1, 0.15) is 31.9 Å². The van der Waals surface area contributed by atoms with Crippen LogP contribution in [0.25, 0.3) is 0 Å². The molecule has 0 saturated heterocycles. The molecule has 1 nitrogen and oxygen atoms in total. The second kappa shape index (κ2) is 6.33. The van der Waals surface area contributed by atoms with Crippen molar-refractivity contribution in [1.82, 2.24) is 0 Å². The van der Waals surface area contributed by atoms with Gasteiger partial charge in [0.15, 0.2) is 0 Å². The normalized spacial score (nSPS) is 11.9. The quantitative estimate of drug-likeness (QED) is 0.431. The molecule has 16 heavy (non-hydrogen) atoms. The van der Waals surface area contributed by atoms with Crippen LogP contribution in [-0.2, 0) is 4.74 Å². The highest BCUT2D eigenvalue weighted by atomic mass is 28.1. The lowest BCUT2D eigenvalue weighted by Gasteiger charge is -2.19. The van der Waals surface area contributed by atoms with Crippen LogP contribution in [0.4, 0.5) is 0 Å². The van der Waals surface area contributed by atoms with E-state index in [-0.39, 0.29) is 6.10 Å². The molecular formula is C14H20OSi. The van der Waals surface area contributed by atoms with Crippen molar-refractivity contribution in [3.05, 3.63) is 59.5 Å². The Balaban J connectivity index is 2.84. The lowest BCUT2D eigenvalue weighted by Crippen LogP contribution is -2.04. The van der Waals surface area contributed by atoms with E-state index in [1.807, 2.05) is 24.3 Å². The predicted octanol–water partition coefficient (Wildman–Crippen LogP) is 2.94. The number of hydrogen-bond donors (Lipinski definition) is 0. The van der Waals surface area contributed by atoms with Crippen molar-refractivity contribution < 1.29 is 4.74 Å². The maximum atomic E-state index is 6.01. The van der Waals surface area contributed by atoms with Crippen molar-refractivity contribution in [3.8, 4) is 0 Å². The van der Waals surface area contributed by atoms with Gasteiger partial charge in [-0.25, -0.2) is 0 Å². The summed E-state index contributed by atoms with van der Waals surface area (Å²) in [5.74, 6) is 0. The third-order valence-electron chi connectivity index (χ3n) is 2.58. The molecule has 0 bridgehead atoms.